The van der Waals surface area contributed by atoms with Crippen LogP contribution in [-0.2, 0) is 0 Å². The van der Waals surface area contributed by atoms with Gasteiger partial charge in [-0.2, -0.15) is 11.8 Å². The van der Waals surface area contributed by atoms with Crippen LogP contribution in [0.15, 0.2) is 0 Å². The van der Waals surface area contributed by atoms with Crippen molar-refractivity contribution >= 4 is 23.4 Å². The van der Waals surface area contributed by atoms with Crippen LogP contribution in [0, 0.1) is 0 Å². The zero-order valence-corrected chi connectivity index (χ0v) is 12.0. The second kappa shape index (κ2) is 6.50. The minimum absolute atomic E-state index is 0.362. The third kappa shape index (κ3) is 3.39. The molecule has 0 aliphatic carbocycles. The highest BCUT2D eigenvalue weighted by atomic mass is 35.5. The Bertz CT molecular complexity index is 325. The van der Waals surface area contributed by atoms with E-state index in [-0.39, 0.29) is 0 Å². The molecule has 5 heteroatoms. The van der Waals surface area contributed by atoms with Crippen LogP contribution in [0.1, 0.15) is 51.9 Å². The van der Waals surface area contributed by atoms with Gasteiger partial charge in [-0.3, -0.25) is 4.57 Å². The highest BCUT2D eigenvalue weighted by Gasteiger charge is 2.17. The number of hydrogen-bond donors (Lipinski definition) is 0. The van der Waals surface area contributed by atoms with Crippen LogP contribution in [0.2, 0.25) is 5.28 Å². The summed E-state index contributed by atoms with van der Waals surface area (Å²) in [5.74, 6) is 3.67. The number of rotatable bonds is 6. The molecular weight excluding hydrogens is 242 g/mol. The van der Waals surface area contributed by atoms with Gasteiger partial charge in [0.05, 0.1) is 0 Å². The van der Waals surface area contributed by atoms with Gasteiger partial charge in [0.2, 0.25) is 5.28 Å². The van der Waals surface area contributed by atoms with Crippen molar-refractivity contribution in [3.05, 3.63) is 11.1 Å². The molecule has 1 aromatic heterocycles. The fraction of sp³-hybridized carbons (Fsp3) is 0.818. The van der Waals surface area contributed by atoms with Gasteiger partial charge in [0.25, 0.3) is 0 Å². The summed E-state index contributed by atoms with van der Waals surface area (Å²) in [7, 11) is 0. The van der Waals surface area contributed by atoms with E-state index >= 15 is 0 Å². The van der Waals surface area contributed by atoms with Gasteiger partial charge in [0.15, 0.2) is 0 Å². The number of halogens is 1. The van der Waals surface area contributed by atoms with E-state index in [4.69, 9.17) is 11.6 Å². The van der Waals surface area contributed by atoms with E-state index in [9.17, 15) is 0 Å². The topological polar surface area (TPSA) is 30.7 Å². The van der Waals surface area contributed by atoms with Gasteiger partial charge in [-0.1, -0.05) is 20.8 Å². The molecule has 1 aromatic rings. The Labute approximate surface area is 107 Å². The van der Waals surface area contributed by atoms with Crippen LogP contribution in [0.5, 0.6) is 0 Å². The monoisotopic (exact) mass is 261 g/mol. The van der Waals surface area contributed by atoms with E-state index < -0.39 is 0 Å². The van der Waals surface area contributed by atoms with E-state index in [0.717, 1.165) is 18.0 Å². The standard InChI is InChI=1S/C11H20ClN3S/c1-5-16-7-6-9(4)15-10(8(2)3)13-14-11(15)12/h8-9H,5-7H2,1-4H3. The zero-order valence-electron chi connectivity index (χ0n) is 10.4. The van der Waals surface area contributed by atoms with E-state index in [1.807, 2.05) is 11.8 Å². The lowest BCUT2D eigenvalue weighted by Crippen LogP contribution is -2.11. The molecule has 92 valence electrons. The molecule has 1 unspecified atom stereocenters. The Hall–Kier alpha value is -0.220. The molecule has 0 fully saturated rings. The molecule has 0 radical (unpaired) electrons. The number of nitrogens with zero attached hydrogens (tertiary/aromatic N) is 3. The molecule has 0 amide bonds. The van der Waals surface area contributed by atoms with Crippen molar-refractivity contribution in [1.29, 1.82) is 0 Å². The fourth-order valence-corrected chi connectivity index (χ4v) is 2.70. The molecule has 0 aliphatic heterocycles. The molecule has 3 nitrogen and oxygen atoms in total. The first-order valence-corrected chi connectivity index (χ1v) is 7.29. The minimum atomic E-state index is 0.362. The van der Waals surface area contributed by atoms with Gasteiger partial charge in [-0.25, -0.2) is 0 Å². The maximum atomic E-state index is 6.08. The molecule has 0 bridgehead atoms. The molecule has 0 spiro atoms. The third-order valence-electron chi connectivity index (χ3n) is 2.52. The quantitative estimate of drug-likeness (QED) is 0.731. The molecule has 0 aromatic carbocycles. The lowest BCUT2D eigenvalue weighted by molar-refractivity contribution is 0.500. The largest absolute Gasteiger partial charge is 0.299 e. The Morgan fingerprint density at radius 1 is 1.31 bits per heavy atom. The highest BCUT2D eigenvalue weighted by Crippen LogP contribution is 2.24. The average molecular weight is 262 g/mol. The highest BCUT2D eigenvalue weighted by molar-refractivity contribution is 7.99. The summed E-state index contributed by atoms with van der Waals surface area (Å²) in [6.45, 7) is 8.59. The Morgan fingerprint density at radius 3 is 2.56 bits per heavy atom. The number of aromatic nitrogens is 3. The van der Waals surface area contributed by atoms with Gasteiger partial charge in [0, 0.05) is 12.0 Å². The van der Waals surface area contributed by atoms with Crippen molar-refractivity contribution in [3.63, 3.8) is 0 Å². The van der Waals surface area contributed by atoms with Gasteiger partial charge in [-0.05, 0) is 36.5 Å². The van der Waals surface area contributed by atoms with Crippen molar-refractivity contribution in [1.82, 2.24) is 14.8 Å². The summed E-state index contributed by atoms with van der Waals surface area (Å²) in [4.78, 5) is 0. The molecule has 1 rings (SSSR count). The van der Waals surface area contributed by atoms with Crippen molar-refractivity contribution in [2.45, 2.75) is 46.1 Å². The predicted molar refractivity (Wildman–Crippen MR) is 71.4 cm³/mol. The smallest absolute Gasteiger partial charge is 0.225 e. The van der Waals surface area contributed by atoms with Gasteiger partial charge >= 0.3 is 0 Å². The minimum Gasteiger partial charge on any atom is -0.299 e. The normalized spacial score (nSPS) is 13.4. The van der Waals surface area contributed by atoms with Crippen LogP contribution in [0.25, 0.3) is 0 Å². The lowest BCUT2D eigenvalue weighted by Gasteiger charge is -2.17. The predicted octanol–water partition coefficient (Wildman–Crippen LogP) is 3.76. The second-order valence-electron chi connectivity index (χ2n) is 4.19. The fourth-order valence-electron chi connectivity index (χ4n) is 1.61. The van der Waals surface area contributed by atoms with E-state index in [2.05, 4.69) is 42.5 Å². The summed E-state index contributed by atoms with van der Waals surface area (Å²) in [6, 6.07) is 0.374. The lowest BCUT2D eigenvalue weighted by atomic mass is 10.2. The van der Waals surface area contributed by atoms with Crippen molar-refractivity contribution in [2.75, 3.05) is 11.5 Å². The Kier molecular flexibility index (Phi) is 5.62. The third-order valence-corrected chi connectivity index (χ3v) is 3.71. The molecule has 16 heavy (non-hydrogen) atoms. The van der Waals surface area contributed by atoms with Crippen LogP contribution < -0.4 is 0 Å². The van der Waals surface area contributed by atoms with Crippen molar-refractivity contribution in [3.8, 4) is 0 Å². The molecule has 0 N–H and O–H groups in total. The van der Waals surface area contributed by atoms with E-state index in [1.54, 1.807) is 0 Å². The maximum Gasteiger partial charge on any atom is 0.225 e. The summed E-state index contributed by atoms with van der Waals surface area (Å²) >= 11 is 8.04. The maximum absolute atomic E-state index is 6.08. The SMILES string of the molecule is CCSCCC(C)n1c(Cl)nnc1C(C)C. The zero-order chi connectivity index (χ0) is 12.1. The Morgan fingerprint density at radius 2 is 2.00 bits per heavy atom. The molecule has 0 saturated heterocycles. The van der Waals surface area contributed by atoms with Crippen molar-refractivity contribution < 1.29 is 0 Å². The summed E-state index contributed by atoms with van der Waals surface area (Å²) in [5, 5.41) is 8.61. The molecule has 0 aliphatic rings. The van der Waals surface area contributed by atoms with E-state index in [1.165, 1.54) is 5.75 Å². The van der Waals surface area contributed by atoms with E-state index in [0.29, 0.717) is 17.2 Å². The second-order valence-corrected chi connectivity index (χ2v) is 5.92. The number of hydrogen-bond acceptors (Lipinski definition) is 3. The van der Waals surface area contributed by atoms with Crippen molar-refractivity contribution in [2.24, 2.45) is 0 Å². The molecular formula is C11H20ClN3S. The first-order chi connectivity index (χ1) is 7.57. The average Bonchev–Trinajstić information content (AvgIpc) is 2.60. The van der Waals surface area contributed by atoms with Gasteiger partial charge in [-0.15, -0.1) is 10.2 Å². The first kappa shape index (κ1) is 13.8. The Balaban J connectivity index is 2.73. The molecule has 1 heterocycles. The van der Waals surface area contributed by atoms with Gasteiger partial charge < -0.3 is 0 Å². The van der Waals surface area contributed by atoms with Crippen LogP contribution in [0.3, 0.4) is 0 Å². The summed E-state index contributed by atoms with van der Waals surface area (Å²) in [6.07, 6.45) is 1.11. The first-order valence-electron chi connectivity index (χ1n) is 5.76. The van der Waals surface area contributed by atoms with Crippen LogP contribution in [0.4, 0.5) is 0 Å². The summed E-state index contributed by atoms with van der Waals surface area (Å²) in [5.41, 5.74) is 0. The molecule has 0 saturated carbocycles. The van der Waals surface area contributed by atoms with Gasteiger partial charge in [0.1, 0.15) is 5.82 Å². The number of thioether (sulfide) groups is 1. The van der Waals surface area contributed by atoms with Crippen LogP contribution >= 0.6 is 23.4 Å². The molecule has 1 atom stereocenters. The van der Waals surface area contributed by atoms with Crippen LogP contribution in [-0.4, -0.2) is 26.3 Å². The summed E-state index contributed by atoms with van der Waals surface area (Å²) < 4.78 is 2.06.